The van der Waals surface area contributed by atoms with Crippen LogP contribution < -0.4 is 10.1 Å². The summed E-state index contributed by atoms with van der Waals surface area (Å²) in [5.41, 5.74) is 4.76. The maximum Gasteiger partial charge on any atom is 0.694 e. The average molecular weight is 485 g/mol. The number of aryl methyl sites for hydroxylation is 1. The fourth-order valence-corrected chi connectivity index (χ4v) is 4.07. The van der Waals surface area contributed by atoms with Gasteiger partial charge in [-0.1, -0.05) is 44.2 Å². The molecule has 0 bridgehead atoms. The summed E-state index contributed by atoms with van der Waals surface area (Å²) >= 11 is 0. The topological polar surface area (TPSA) is 80.9 Å². The van der Waals surface area contributed by atoms with Crippen molar-refractivity contribution in [1.29, 1.82) is 0 Å². The molecule has 2 aromatic carbocycles. The summed E-state index contributed by atoms with van der Waals surface area (Å²) in [6.45, 7) is 6.74. The van der Waals surface area contributed by atoms with Crippen LogP contribution in [-0.2, 0) is 28.5 Å². The Morgan fingerprint density at radius 1 is 1.00 bits per heavy atom. The Morgan fingerprint density at radius 2 is 1.76 bits per heavy atom. The Labute approximate surface area is 203 Å². The number of hydrogen-bond acceptors (Lipinski definition) is 5. The number of furan rings is 1. The lowest BCUT2D eigenvalue weighted by atomic mass is 10.0. The number of hydrogen-bond donors (Lipinski definition) is 2. The van der Waals surface area contributed by atoms with Gasteiger partial charge in [0.2, 0.25) is 0 Å². The first-order valence-corrected chi connectivity index (χ1v) is 13.0. The third kappa shape index (κ3) is 9.03. The van der Waals surface area contributed by atoms with Gasteiger partial charge in [-0.3, -0.25) is 0 Å². The summed E-state index contributed by atoms with van der Waals surface area (Å²) in [4.78, 5) is 8.65. The van der Waals surface area contributed by atoms with E-state index in [1.54, 1.807) is 6.26 Å². The molecule has 0 radical (unpaired) electrons. The van der Waals surface area contributed by atoms with Crippen LogP contribution in [0, 0.1) is 5.92 Å². The second-order valence-electron chi connectivity index (χ2n) is 8.78. The van der Waals surface area contributed by atoms with Crippen LogP contribution in [0.5, 0.6) is 5.75 Å². The van der Waals surface area contributed by atoms with Crippen LogP contribution in [0.2, 0.25) is 0 Å². The summed E-state index contributed by atoms with van der Waals surface area (Å²) in [6, 6.07) is 18.9. The van der Waals surface area contributed by atoms with Crippen molar-refractivity contribution in [3.63, 3.8) is 0 Å². The van der Waals surface area contributed by atoms with Crippen LogP contribution in [0.15, 0.2) is 65.3 Å². The molecule has 0 amide bonds. The molecule has 0 saturated heterocycles. The van der Waals surface area contributed by atoms with Crippen molar-refractivity contribution in [3.05, 3.63) is 77.6 Å². The van der Waals surface area contributed by atoms with Gasteiger partial charge in [-0.2, -0.15) is 0 Å². The molecule has 0 aliphatic heterocycles. The lowest BCUT2D eigenvalue weighted by molar-refractivity contribution is 0.276. The van der Waals surface area contributed by atoms with Crippen LogP contribution in [0.4, 0.5) is 0 Å². The maximum atomic E-state index is 10.5. The van der Waals surface area contributed by atoms with E-state index in [4.69, 9.17) is 14.0 Å². The van der Waals surface area contributed by atoms with E-state index in [1.165, 1.54) is 11.1 Å². The molecule has 1 aromatic heterocycles. The number of benzene rings is 2. The van der Waals surface area contributed by atoms with E-state index in [9.17, 15) is 4.57 Å². The van der Waals surface area contributed by atoms with Gasteiger partial charge in [0, 0.05) is 11.1 Å². The minimum Gasteiger partial charge on any atom is -0.493 e. The van der Waals surface area contributed by atoms with Crippen LogP contribution in [0.1, 0.15) is 43.4 Å². The van der Waals surface area contributed by atoms with E-state index in [2.05, 4.69) is 54.0 Å². The zero-order valence-corrected chi connectivity index (χ0v) is 20.9. The minimum absolute atomic E-state index is 0.255. The van der Waals surface area contributed by atoms with Crippen molar-refractivity contribution in [2.75, 3.05) is 19.8 Å². The second kappa shape index (κ2) is 14.0. The molecule has 3 rings (SSSR count). The van der Waals surface area contributed by atoms with E-state index in [0.29, 0.717) is 32.0 Å². The molecule has 34 heavy (non-hydrogen) atoms. The molecule has 1 atom stereocenters. The van der Waals surface area contributed by atoms with Crippen molar-refractivity contribution in [3.8, 4) is 17.1 Å². The normalized spacial score (nSPS) is 11.7. The van der Waals surface area contributed by atoms with Gasteiger partial charge in [0.05, 0.1) is 18.4 Å². The molecule has 3 aromatic rings. The van der Waals surface area contributed by atoms with Crippen molar-refractivity contribution in [1.82, 2.24) is 5.32 Å². The number of rotatable bonds is 15. The van der Waals surface area contributed by atoms with Crippen molar-refractivity contribution < 1.29 is 23.1 Å². The Kier molecular flexibility index (Phi) is 10.8. The monoisotopic (exact) mass is 484 g/mol. The van der Waals surface area contributed by atoms with Crippen molar-refractivity contribution in [2.45, 2.75) is 46.1 Å². The Bertz CT molecular complexity index is 1000. The zero-order chi connectivity index (χ0) is 24.2. The number of ether oxygens (including phenoxy) is 1. The van der Waals surface area contributed by atoms with Crippen molar-refractivity contribution in [2.24, 2.45) is 5.92 Å². The van der Waals surface area contributed by atoms with E-state index in [-0.39, 0.29) is 6.61 Å². The van der Waals surface area contributed by atoms with Gasteiger partial charge < -0.3 is 14.5 Å². The first kappa shape index (κ1) is 26.1. The van der Waals surface area contributed by atoms with Gasteiger partial charge in [-0.25, -0.2) is 0 Å². The quantitative estimate of drug-likeness (QED) is 0.195. The lowest BCUT2D eigenvalue weighted by Gasteiger charge is -2.13. The first-order chi connectivity index (χ1) is 16.5. The zero-order valence-electron chi connectivity index (χ0n) is 20.0. The molecule has 7 heteroatoms. The standard InChI is InChI=1S/C27H34NO5P/c1-21(2)18-23-10-8-22(9-11-23)6-3-15-32-27-13-12-24(19-25(27)26-7-4-16-31-26)20-28-14-5-17-33-34(29)30/h4,7-13,16,19,21,28H,3,5-6,14-15,17-18,20H2,1-2H3/p+1. The highest BCUT2D eigenvalue weighted by molar-refractivity contribution is 7.32. The van der Waals surface area contributed by atoms with Gasteiger partial charge in [-0.15, -0.1) is 9.42 Å². The first-order valence-electron chi connectivity index (χ1n) is 11.9. The molecule has 1 heterocycles. The van der Waals surface area contributed by atoms with Crippen LogP contribution in [0.3, 0.4) is 0 Å². The van der Waals surface area contributed by atoms with Crippen LogP contribution in [-0.4, -0.2) is 24.7 Å². The predicted octanol–water partition coefficient (Wildman–Crippen LogP) is 6.30. The highest BCUT2D eigenvalue weighted by Crippen LogP contribution is 2.31. The van der Waals surface area contributed by atoms with E-state index in [1.807, 2.05) is 24.3 Å². The summed E-state index contributed by atoms with van der Waals surface area (Å²) < 4.78 is 27.0. The highest BCUT2D eigenvalue weighted by atomic mass is 31.1. The SMILES string of the molecule is CC(C)Cc1ccc(CCCOc2ccc(CNCCCO[P+](=O)O)cc2-c2ccco2)cc1. The Balaban J connectivity index is 1.50. The molecular formula is C27H35NO5P+. The fraction of sp³-hybridized carbons (Fsp3) is 0.407. The van der Waals surface area contributed by atoms with Gasteiger partial charge in [0.15, 0.2) is 0 Å². The van der Waals surface area contributed by atoms with E-state index < -0.39 is 8.25 Å². The molecule has 0 aliphatic carbocycles. The molecule has 0 aliphatic rings. The van der Waals surface area contributed by atoms with Crippen LogP contribution >= 0.6 is 8.25 Å². The minimum atomic E-state index is -2.52. The highest BCUT2D eigenvalue weighted by Gasteiger charge is 2.12. The van der Waals surface area contributed by atoms with Gasteiger partial charge in [0.1, 0.15) is 18.1 Å². The number of nitrogens with one attached hydrogen (secondary N) is 1. The summed E-state index contributed by atoms with van der Waals surface area (Å²) in [7, 11) is -2.52. The van der Waals surface area contributed by atoms with Gasteiger partial charge >= 0.3 is 8.25 Å². The fourth-order valence-electron chi connectivity index (χ4n) is 3.78. The second-order valence-corrected chi connectivity index (χ2v) is 9.51. The molecule has 2 N–H and O–H groups in total. The predicted molar refractivity (Wildman–Crippen MR) is 135 cm³/mol. The summed E-state index contributed by atoms with van der Waals surface area (Å²) in [5, 5.41) is 3.32. The third-order valence-electron chi connectivity index (χ3n) is 5.39. The van der Waals surface area contributed by atoms with E-state index >= 15 is 0 Å². The third-order valence-corrected chi connectivity index (χ3v) is 5.80. The molecule has 6 nitrogen and oxygen atoms in total. The average Bonchev–Trinajstić information content (AvgIpc) is 3.35. The largest absolute Gasteiger partial charge is 0.694 e. The molecule has 0 spiro atoms. The molecule has 0 saturated carbocycles. The molecule has 0 fully saturated rings. The summed E-state index contributed by atoms with van der Waals surface area (Å²) in [6.07, 6.45) is 5.36. The maximum absolute atomic E-state index is 10.5. The molecule has 182 valence electrons. The lowest BCUT2D eigenvalue weighted by Crippen LogP contribution is -2.16. The van der Waals surface area contributed by atoms with Gasteiger partial charge in [0.25, 0.3) is 0 Å². The van der Waals surface area contributed by atoms with Gasteiger partial charge in [-0.05, 0) is 79.1 Å². The smallest absolute Gasteiger partial charge is 0.493 e. The Hall–Kier alpha value is -2.50. The van der Waals surface area contributed by atoms with Crippen LogP contribution in [0.25, 0.3) is 11.3 Å². The Morgan fingerprint density at radius 3 is 2.47 bits per heavy atom. The molecule has 1 unspecified atom stereocenters. The van der Waals surface area contributed by atoms with E-state index in [0.717, 1.165) is 41.9 Å². The van der Waals surface area contributed by atoms with Crippen molar-refractivity contribution >= 4 is 8.25 Å². The summed E-state index contributed by atoms with van der Waals surface area (Å²) in [5.74, 6) is 2.26. The molecular weight excluding hydrogens is 449 g/mol.